The topological polar surface area (TPSA) is 72.0 Å². The summed E-state index contributed by atoms with van der Waals surface area (Å²) in [7, 11) is -0.892. The zero-order chi connectivity index (χ0) is 22.8. The molecule has 7 nitrogen and oxygen atoms in total. The van der Waals surface area contributed by atoms with Gasteiger partial charge in [0.15, 0.2) is 11.5 Å². The van der Waals surface area contributed by atoms with Crippen LogP contribution in [0.2, 0.25) is 0 Å². The minimum absolute atomic E-state index is 0.131. The fourth-order valence-electron chi connectivity index (χ4n) is 3.48. The predicted octanol–water partition coefficient (Wildman–Crippen LogP) is 3.33. The van der Waals surface area contributed by atoms with Crippen LogP contribution in [-0.4, -0.2) is 58.1 Å². The number of hydrogen-bond donors (Lipinski definition) is 0. The number of sulfonamides is 1. The monoisotopic (exact) mass is 459 g/mol. The van der Waals surface area contributed by atoms with Gasteiger partial charge in [-0.2, -0.15) is 17.5 Å². The number of alkyl halides is 3. The number of anilines is 1. The lowest BCUT2D eigenvalue weighted by Crippen LogP contribution is -2.35. The average Bonchev–Trinajstić information content (AvgIpc) is 2.99. The summed E-state index contributed by atoms with van der Waals surface area (Å²) in [6, 6.07) is 5.35. The Balaban J connectivity index is 1.80. The number of pyridine rings is 1. The number of nitrogens with zero attached hydrogens (tertiary/aromatic N) is 3. The van der Waals surface area contributed by atoms with Crippen LogP contribution < -0.4 is 14.4 Å². The van der Waals surface area contributed by atoms with Gasteiger partial charge >= 0.3 is 6.18 Å². The number of ether oxygens (including phenoxy) is 2. The highest BCUT2D eigenvalue weighted by Crippen LogP contribution is 2.34. The lowest BCUT2D eigenvalue weighted by atomic mass is 10.2. The number of hydrogen-bond acceptors (Lipinski definition) is 6. The van der Waals surface area contributed by atoms with Gasteiger partial charge in [-0.1, -0.05) is 0 Å². The third kappa shape index (κ3) is 4.87. The van der Waals surface area contributed by atoms with Crippen LogP contribution in [0.1, 0.15) is 17.5 Å². The molecule has 0 saturated carbocycles. The Kier molecular flexibility index (Phi) is 6.65. The minimum atomic E-state index is -4.45. The van der Waals surface area contributed by atoms with Crippen molar-refractivity contribution in [3.05, 3.63) is 41.6 Å². The molecule has 0 spiro atoms. The first-order valence-corrected chi connectivity index (χ1v) is 11.0. The standard InChI is InChI=1S/C20H24F3N3O4S/c1-14-11-16(29-2)17(30-3)12-18(14)31(27,28)26-8-4-7-25(9-10-26)19-6-5-15(13-24-19)20(21,22)23/h5-6,11-13H,4,7-10H2,1-3H3. The molecule has 1 fully saturated rings. The first-order valence-electron chi connectivity index (χ1n) is 9.59. The fraction of sp³-hybridized carbons (Fsp3) is 0.450. The molecule has 0 radical (unpaired) electrons. The van der Waals surface area contributed by atoms with Gasteiger partial charge in [-0.15, -0.1) is 0 Å². The number of aromatic nitrogens is 1. The highest BCUT2D eigenvalue weighted by molar-refractivity contribution is 7.89. The first-order chi connectivity index (χ1) is 14.6. The van der Waals surface area contributed by atoms with E-state index in [2.05, 4.69) is 4.98 Å². The van der Waals surface area contributed by atoms with Gasteiger partial charge in [0, 0.05) is 38.4 Å². The highest BCUT2D eigenvalue weighted by atomic mass is 32.2. The van der Waals surface area contributed by atoms with Gasteiger partial charge in [-0.25, -0.2) is 13.4 Å². The van der Waals surface area contributed by atoms with Crippen LogP contribution in [0.5, 0.6) is 11.5 Å². The van der Waals surface area contributed by atoms with Gasteiger partial charge in [0.2, 0.25) is 10.0 Å². The van der Waals surface area contributed by atoms with Gasteiger partial charge in [0.25, 0.3) is 0 Å². The molecule has 0 bridgehead atoms. The van der Waals surface area contributed by atoms with Crippen LogP contribution in [0.3, 0.4) is 0 Å². The van der Waals surface area contributed by atoms with E-state index in [1.807, 2.05) is 0 Å². The van der Waals surface area contributed by atoms with Crippen LogP contribution >= 0.6 is 0 Å². The summed E-state index contributed by atoms with van der Waals surface area (Å²) in [5.74, 6) is 1.14. The Bertz CT molecular complexity index is 1030. The number of benzene rings is 1. The molecule has 1 aliphatic heterocycles. The van der Waals surface area contributed by atoms with Gasteiger partial charge in [0.05, 0.1) is 24.7 Å². The predicted molar refractivity (Wildman–Crippen MR) is 109 cm³/mol. The van der Waals surface area contributed by atoms with E-state index in [1.165, 1.54) is 30.7 Å². The Morgan fingerprint density at radius 3 is 2.26 bits per heavy atom. The van der Waals surface area contributed by atoms with Crippen LogP contribution in [-0.2, 0) is 16.2 Å². The molecule has 170 valence electrons. The van der Waals surface area contributed by atoms with E-state index in [0.717, 1.165) is 12.3 Å². The molecular weight excluding hydrogens is 435 g/mol. The van der Waals surface area contributed by atoms with Crippen molar-refractivity contribution in [3.8, 4) is 11.5 Å². The summed E-state index contributed by atoms with van der Waals surface area (Å²) in [5.41, 5.74) is -0.289. The molecule has 1 saturated heterocycles. The second-order valence-electron chi connectivity index (χ2n) is 7.12. The maximum absolute atomic E-state index is 13.3. The summed E-state index contributed by atoms with van der Waals surface area (Å²) in [6.07, 6.45) is -3.15. The molecule has 0 atom stereocenters. The smallest absolute Gasteiger partial charge is 0.417 e. The Hall–Kier alpha value is -2.53. The van der Waals surface area contributed by atoms with Crippen molar-refractivity contribution in [1.29, 1.82) is 0 Å². The van der Waals surface area contributed by atoms with Crippen molar-refractivity contribution in [2.45, 2.75) is 24.4 Å². The SMILES string of the molecule is COc1cc(C)c(S(=O)(=O)N2CCCN(c3ccc(C(F)(F)F)cn3)CC2)cc1OC. The van der Waals surface area contributed by atoms with Crippen molar-refractivity contribution in [1.82, 2.24) is 9.29 Å². The van der Waals surface area contributed by atoms with E-state index < -0.39 is 21.8 Å². The van der Waals surface area contributed by atoms with Crippen molar-refractivity contribution in [3.63, 3.8) is 0 Å². The second kappa shape index (κ2) is 8.91. The van der Waals surface area contributed by atoms with Gasteiger partial charge < -0.3 is 14.4 Å². The largest absolute Gasteiger partial charge is 0.493 e. The molecule has 0 unspecified atom stereocenters. The molecule has 0 amide bonds. The Morgan fingerprint density at radius 1 is 1.00 bits per heavy atom. The zero-order valence-corrected chi connectivity index (χ0v) is 18.3. The van der Waals surface area contributed by atoms with Gasteiger partial charge in [-0.3, -0.25) is 0 Å². The van der Waals surface area contributed by atoms with Crippen molar-refractivity contribution < 1.29 is 31.1 Å². The van der Waals surface area contributed by atoms with E-state index in [4.69, 9.17) is 9.47 Å². The Labute approximate surface area is 179 Å². The normalized spacial score (nSPS) is 16.1. The van der Waals surface area contributed by atoms with Crippen molar-refractivity contribution in [2.75, 3.05) is 45.3 Å². The molecular formula is C20H24F3N3O4S. The molecule has 1 aliphatic rings. The van der Waals surface area contributed by atoms with Gasteiger partial charge in [-0.05, 0) is 37.1 Å². The van der Waals surface area contributed by atoms with E-state index in [1.54, 1.807) is 17.9 Å². The lowest BCUT2D eigenvalue weighted by Gasteiger charge is -2.23. The molecule has 2 heterocycles. The fourth-order valence-corrected chi connectivity index (χ4v) is 5.17. The van der Waals surface area contributed by atoms with Crippen LogP contribution in [0.15, 0.2) is 35.4 Å². The number of aryl methyl sites for hydroxylation is 1. The summed E-state index contributed by atoms with van der Waals surface area (Å²) in [4.78, 5) is 5.84. The van der Waals surface area contributed by atoms with Crippen LogP contribution in [0.25, 0.3) is 0 Å². The third-order valence-electron chi connectivity index (χ3n) is 5.15. The maximum atomic E-state index is 13.3. The lowest BCUT2D eigenvalue weighted by molar-refractivity contribution is -0.137. The molecule has 31 heavy (non-hydrogen) atoms. The summed E-state index contributed by atoms with van der Waals surface area (Å²) in [5, 5.41) is 0. The van der Waals surface area contributed by atoms with Gasteiger partial charge in [0.1, 0.15) is 5.82 Å². The first kappa shape index (κ1) is 23.1. The molecule has 3 rings (SSSR count). The van der Waals surface area contributed by atoms with Crippen molar-refractivity contribution in [2.24, 2.45) is 0 Å². The summed E-state index contributed by atoms with van der Waals surface area (Å²) in [6.45, 7) is 2.94. The molecule has 2 aromatic rings. The van der Waals surface area contributed by atoms with E-state index in [-0.39, 0.29) is 18.0 Å². The quantitative estimate of drug-likeness (QED) is 0.683. The third-order valence-corrected chi connectivity index (χ3v) is 7.19. The molecule has 0 aliphatic carbocycles. The highest BCUT2D eigenvalue weighted by Gasteiger charge is 2.32. The number of halogens is 3. The van der Waals surface area contributed by atoms with Crippen LogP contribution in [0.4, 0.5) is 19.0 Å². The molecule has 0 N–H and O–H groups in total. The minimum Gasteiger partial charge on any atom is -0.493 e. The summed E-state index contributed by atoms with van der Waals surface area (Å²) < 4.78 is 76.7. The van der Waals surface area contributed by atoms with E-state index >= 15 is 0 Å². The molecule has 1 aromatic heterocycles. The number of rotatable bonds is 5. The van der Waals surface area contributed by atoms with Crippen LogP contribution in [0, 0.1) is 6.92 Å². The molecule has 11 heteroatoms. The summed E-state index contributed by atoms with van der Waals surface area (Å²) >= 11 is 0. The average molecular weight is 459 g/mol. The maximum Gasteiger partial charge on any atom is 0.417 e. The second-order valence-corrected chi connectivity index (χ2v) is 9.03. The van der Waals surface area contributed by atoms with E-state index in [0.29, 0.717) is 42.4 Å². The number of methoxy groups -OCH3 is 2. The molecule has 1 aromatic carbocycles. The Morgan fingerprint density at radius 2 is 1.68 bits per heavy atom. The van der Waals surface area contributed by atoms with E-state index in [9.17, 15) is 21.6 Å². The zero-order valence-electron chi connectivity index (χ0n) is 17.4. The van der Waals surface area contributed by atoms with Crippen molar-refractivity contribution >= 4 is 15.8 Å².